The van der Waals surface area contributed by atoms with Gasteiger partial charge in [0.1, 0.15) is 0 Å². The van der Waals surface area contributed by atoms with Crippen LogP contribution in [0.1, 0.15) is 24.0 Å². The van der Waals surface area contributed by atoms with E-state index in [0.29, 0.717) is 29.7 Å². The second-order valence-corrected chi connectivity index (χ2v) is 6.11. The number of rotatable bonds is 8. The van der Waals surface area contributed by atoms with Gasteiger partial charge in [-0.05, 0) is 23.6 Å². The molecule has 0 fully saturated rings. The smallest absolute Gasteiger partial charge is 0.203 e. The van der Waals surface area contributed by atoms with Crippen molar-refractivity contribution in [2.45, 2.75) is 19.4 Å². The molecule has 2 rings (SSSR count). The fraction of sp³-hybridized carbons (Fsp3) is 0.381. The molecule has 146 valence electrons. The topological polar surface area (TPSA) is 64.1 Å². The normalized spacial score (nSPS) is 12.3. The third-order valence-electron chi connectivity index (χ3n) is 4.40. The lowest BCUT2D eigenvalue weighted by atomic mass is 10.0. The van der Waals surface area contributed by atoms with Crippen LogP contribution in [0.2, 0.25) is 0 Å². The average molecular weight is 371 g/mol. The van der Waals surface area contributed by atoms with Gasteiger partial charge in [0.2, 0.25) is 5.75 Å². The number of hydrogen-bond acceptors (Lipinski definition) is 4. The molecule has 0 radical (unpaired) electrons. The molecule has 0 aliphatic heterocycles. The van der Waals surface area contributed by atoms with Crippen molar-refractivity contribution in [1.29, 1.82) is 0 Å². The predicted octanol–water partition coefficient (Wildman–Crippen LogP) is 3.18. The van der Waals surface area contributed by atoms with Gasteiger partial charge < -0.3 is 24.8 Å². The van der Waals surface area contributed by atoms with Crippen molar-refractivity contribution in [3.05, 3.63) is 53.6 Å². The summed E-state index contributed by atoms with van der Waals surface area (Å²) < 4.78 is 16.3. The molecule has 0 aliphatic rings. The molecule has 2 N–H and O–H groups in total. The minimum atomic E-state index is 0.375. The monoisotopic (exact) mass is 371 g/mol. The maximum absolute atomic E-state index is 5.53. The van der Waals surface area contributed by atoms with Crippen LogP contribution in [-0.2, 0) is 6.54 Å². The van der Waals surface area contributed by atoms with Crippen LogP contribution < -0.4 is 24.8 Å². The summed E-state index contributed by atoms with van der Waals surface area (Å²) in [5.41, 5.74) is 2.25. The molecule has 1 atom stereocenters. The van der Waals surface area contributed by atoms with Gasteiger partial charge in [-0.3, -0.25) is 4.99 Å². The Morgan fingerprint density at radius 3 is 2.22 bits per heavy atom. The molecule has 0 saturated heterocycles. The minimum absolute atomic E-state index is 0.375. The molecule has 0 bridgehead atoms. The van der Waals surface area contributed by atoms with Crippen molar-refractivity contribution in [3.63, 3.8) is 0 Å². The highest BCUT2D eigenvalue weighted by molar-refractivity contribution is 5.79. The highest BCUT2D eigenvalue weighted by Crippen LogP contribution is 2.39. The van der Waals surface area contributed by atoms with Gasteiger partial charge in [-0.15, -0.1) is 0 Å². The third-order valence-corrected chi connectivity index (χ3v) is 4.40. The van der Waals surface area contributed by atoms with E-state index in [1.54, 1.807) is 28.4 Å². The van der Waals surface area contributed by atoms with Gasteiger partial charge in [-0.25, -0.2) is 0 Å². The van der Waals surface area contributed by atoms with Crippen LogP contribution in [0.4, 0.5) is 0 Å². The Morgan fingerprint density at radius 1 is 0.926 bits per heavy atom. The molecule has 0 saturated carbocycles. The molecule has 6 heteroatoms. The highest BCUT2D eigenvalue weighted by Gasteiger charge is 2.16. The van der Waals surface area contributed by atoms with E-state index in [2.05, 4.69) is 46.8 Å². The fourth-order valence-corrected chi connectivity index (χ4v) is 2.85. The molecule has 0 spiro atoms. The van der Waals surface area contributed by atoms with Gasteiger partial charge in [0.15, 0.2) is 17.5 Å². The zero-order chi connectivity index (χ0) is 19.6. The summed E-state index contributed by atoms with van der Waals surface area (Å²) in [7, 11) is 6.59. The molecule has 0 aliphatic carbocycles. The molecular formula is C21H29N3O3. The second-order valence-electron chi connectivity index (χ2n) is 6.11. The Balaban J connectivity index is 2.00. The lowest BCUT2D eigenvalue weighted by Gasteiger charge is -2.18. The van der Waals surface area contributed by atoms with E-state index in [0.717, 1.165) is 18.1 Å². The first-order valence-electron chi connectivity index (χ1n) is 8.91. The molecule has 6 nitrogen and oxygen atoms in total. The number of nitrogens with one attached hydrogen (secondary N) is 2. The zero-order valence-corrected chi connectivity index (χ0v) is 16.7. The zero-order valence-electron chi connectivity index (χ0n) is 16.7. The van der Waals surface area contributed by atoms with Crippen LogP contribution in [-0.4, -0.2) is 40.9 Å². The number of benzene rings is 2. The second kappa shape index (κ2) is 10.3. The van der Waals surface area contributed by atoms with Crippen LogP contribution in [0.3, 0.4) is 0 Å². The molecule has 2 aromatic carbocycles. The molecule has 1 unspecified atom stereocenters. The van der Waals surface area contributed by atoms with E-state index in [-0.39, 0.29) is 0 Å². The summed E-state index contributed by atoms with van der Waals surface area (Å²) in [6.07, 6.45) is 0. The van der Waals surface area contributed by atoms with E-state index >= 15 is 0 Å². The Kier molecular flexibility index (Phi) is 7.79. The Morgan fingerprint density at radius 2 is 1.63 bits per heavy atom. The minimum Gasteiger partial charge on any atom is -0.493 e. The molecule has 0 amide bonds. The number of ether oxygens (including phenoxy) is 3. The quantitative estimate of drug-likeness (QED) is 0.551. The first kappa shape index (κ1) is 20.4. The summed E-state index contributed by atoms with van der Waals surface area (Å²) in [6, 6.07) is 14.2. The molecule has 27 heavy (non-hydrogen) atoms. The lowest BCUT2D eigenvalue weighted by molar-refractivity contribution is 0.322. The maximum atomic E-state index is 5.53. The van der Waals surface area contributed by atoms with Crippen LogP contribution in [0.25, 0.3) is 0 Å². The Bertz CT molecular complexity index is 748. The predicted molar refractivity (Wildman–Crippen MR) is 109 cm³/mol. The van der Waals surface area contributed by atoms with Crippen molar-refractivity contribution in [1.82, 2.24) is 10.6 Å². The molecule has 0 heterocycles. The Hall–Kier alpha value is -2.89. The van der Waals surface area contributed by atoms with Crippen LogP contribution in [0.5, 0.6) is 17.2 Å². The van der Waals surface area contributed by atoms with Crippen molar-refractivity contribution >= 4 is 5.96 Å². The summed E-state index contributed by atoms with van der Waals surface area (Å²) in [6.45, 7) is 3.52. The van der Waals surface area contributed by atoms with Crippen molar-refractivity contribution in [2.24, 2.45) is 4.99 Å². The van der Waals surface area contributed by atoms with E-state index in [1.165, 1.54) is 5.56 Å². The van der Waals surface area contributed by atoms with E-state index in [1.807, 2.05) is 18.2 Å². The largest absolute Gasteiger partial charge is 0.493 e. The number of aliphatic imine (C=N–C) groups is 1. The lowest BCUT2D eigenvalue weighted by Crippen LogP contribution is -2.38. The van der Waals surface area contributed by atoms with Gasteiger partial charge in [0.25, 0.3) is 0 Å². The van der Waals surface area contributed by atoms with Crippen LogP contribution in [0, 0.1) is 0 Å². The first-order valence-corrected chi connectivity index (χ1v) is 8.91. The summed E-state index contributed by atoms with van der Waals surface area (Å²) in [5, 5.41) is 6.69. The molecular weight excluding hydrogens is 342 g/mol. The van der Waals surface area contributed by atoms with Gasteiger partial charge in [-0.1, -0.05) is 37.3 Å². The number of guanidine groups is 1. The summed E-state index contributed by atoms with van der Waals surface area (Å²) in [5.74, 6) is 2.98. The fourth-order valence-electron chi connectivity index (χ4n) is 2.85. The number of methoxy groups -OCH3 is 3. The van der Waals surface area contributed by atoms with Gasteiger partial charge in [-0.2, -0.15) is 0 Å². The van der Waals surface area contributed by atoms with Gasteiger partial charge >= 0.3 is 0 Å². The highest BCUT2D eigenvalue weighted by atomic mass is 16.5. The summed E-state index contributed by atoms with van der Waals surface area (Å²) in [4.78, 5) is 4.30. The van der Waals surface area contributed by atoms with E-state index in [9.17, 15) is 0 Å². The summed E-state index contributed by atoms with van der Waals surface area (Å²) >= 11 is 0. The molecule has 2 aromatic rings. The molecule has 0 aromatic heterocycles. The Labute approximate surface area is 161 Å². The standard InChI is InChI=1S/C21H29N3O3/c1-15(16-9-7-6-8-10-16)13-23-21(22-2)24-14-17-11-12-18(25-3)20(27-5)19(17)26-4/h6-12,15H,13-14H2,1-5H3,(H2,22,23,24). The van der Waals surface area contributed by atoms with Crippen molar-refractivity contribution in [3.8, 4) is 17.2 Å². The van der Waals surface area contributed by atoms with Crippen molar-refractivity contribution in [2.75, 3.05) is 34.9 Å². The van der Waals surface area contributed by atoms with Gasteiger partial charge in [0.05, 0.1) is 21.3 Å². The van der Waals surface area contributed by atoms with E-state index in [4.69, 9.17) is 14.2 Å². The number of hydrogen-bond donors (Lipinski definition) is 2. The average Bonchev–Trinajstić information content (AvgIpc) is 2.73. The van der Waals surface area contributed by atoms with Crippen molar-refractivity contribution < 1.29 is 14.2 Å². The SMILES string of the molecule is CN=C(NCc1ccc(OC)c(OC)c1OC)NCC(C)c1ccccc1. The van der Waals surface area contributed by atoms with Crippen LogP contribution >= 0.6 is 0 Å². The first-order chi connectivity index (χ1) is 13.1. The van der Waals surface area contributed by atoms with Crippen LogP contribution in [0.15, 0.2) is 47.5 Å². The maximum Gasteiger partial charge on any atom is 0.203 e. The van der Waals surface area contributed by atoms with E-state index < -0.39 is 0 Å². The number of nitrogens with zero attached hydrogens (tertiary/aromatic N) is 1. The van der Waals surface area contributed by atoms with Gasteiger partial charge in [0, 0.05) is 25.7 Å². The third kappa shape index (κ3) is 5.29.